The van der Waals surface area contributed by atoms with E-state index in [0.717, 1.165) is 39.1 Å². The number of anilines is 1. The van der Waals surface area contributed by atoms with Gasteiger partial charge in [-0.05, 0) is 73.4 Å². The molecule has 206 valence electrons. The Morgan fingerprint density at radius 2 is 1.65 bits per heavy atom. The van der Waals surface area contributed by atoms with Crippen molar-refractivity contribution in [2.24, 2.45) is 5.73 Å². The van der Waals surface area contributed by atoms with Gasteiger partial charge in [-0.15, -0.1) is 6.42 Å². The van der Waals surface area contributed by atoms with Crippen molar-refractivity contribution < 1.29 is 9.59 Å². The van der Waals surface area contributed by atoms with Crippen molar-refractivity contribution in [3.05, 3.63) is 84.2 Å². The summed E-state index contributed by atoms with van der Waals surface area (Å²) in [5, 5.41) is 2.70. The predicted molar refractivity (Wildman–Crippen MR) is 163 cm³/mol. The number of nitrogens with two attached hydrogens (primary N) is 1. The van der Waals surface area contributed by atoms with E-state index in [-0.39, 0.29) is 17.7 Å². The maximum atomic E-state index is 11.4. The van der Waals surface area contributed by atoms with Crippen molar-refractivity contribution in [2.45, 2.75) is 53.4 Å². The molecule has 7 nitrogen and oxygen atoms in total. The molecule has 0 saturated heterocycles. The van der Waals surface area contributed by atoms with Gasteiger partial charge in [-0.1, -0.05) is 56.5 Å². The van der Waals surface area contributed by atoms with Gasteiger partial charge >= 0.3 is 0 Å². The summed E-state index contributed by atoms with van der Waals surface area (Å²) >= 11 is 0. The number of nitrogens with zero attached hydrogens (tertiary/aromatic N) is 3. The second kappa shape index (κ2) is 14.9. The summed E-state index contributed by atoms with van der Waals surface area (Å²) < 4.78 is 0. The molecule has 2 aromatic carbocycles. The standard InChI is InChI=1S/C29H26N4O.C3H8.CH3NO/c1-6-29(4,5)24-9-7-8-21(16-24)22-11-10-19(2)25(17-22)26-13-15-31-28(33-26)23-12-14-30-27(18-23)32-20(3)34;1-3-2;2-1-3/h1,7-18H,2-5H3,(H,30,32,34);3H2,1-2H3;1H,(H2,2,3). The SMILES string of the molecule is C#CC(C)(C)c1cccc(-c2ccc(C)c(-c3ccnc(-c4ccnc(NC(C)=O)c4)n3)c2)c1.CCC.NC=O. The van der Waals surface area contributed by atoms with Crippen LogP contribution in [0.15, 0.2) is 73.1 Å². The van der Waals surface area contributed by atoms with Crippen molar-refractivity contribution in [1.29, 1.82) is 0 Å². The molecule has 40 heavy (non-hydrogen) atoms. The molecule has 0 aliphatic heterocycles. The fourth-order valence-electron chi connectivity index (χ4n) is 3.71. The highest BCUT2D eigenvalue weighted by atomic mass is 16.1. The molecule has 0 unspecified atom stereocenters. The second-order valence-corrected chi connectivity index (χ2v) is 9.60. The summed E-state index contributed by atoms with van der Waals surface area (Å²) in [5.41, 5.74) is 10.9. The number of primary amides is 1. The monoisotopic (exact) mass is 535 g/mol. The molecule has 2 amide bonds. The summed E-state index contributed by atoms with van der Waals surface area (Å²) in [6.45, 7) is 11.9. The average Bonchev–Trinajstić information content (AvgIpc) is 2.94. The molecule has 0 saturated carbocycles. The number of hydrogen-bond donors (Lipinski definition) is 2. The lowest BCUT2D eigenvalue weighted by Crippen LogP contribution is -2.13. The molecule has 0 radical (unpaired) electrons. The van der Waals surface area contributed by atoms with Crippen LogP contribution in [0.25, 0.3) is 33.8 Å². The predicted octanol–water partition coefficient (Wildman–Crippen LogP) is 6.57. The molecule has 0 bridgehead atoms. The Bertz CT molecular complexity index is 1490. The molecule has 0 aliphatic carbocycles. The number of benzene rings is 2. The van der Waals surface area contributed by atoms with E-state index >= 15 is 0 Å². The lowest BCUT2D eigenvalue weighted by molar-refractivity contribution is -0.114. The molecule has 0 fully saturated rings. The maximum absolute atomic E-state index is 11.4. The highest BCUT2D eigenvalue weighted by Crippen LogP contribution is 2.32. The fraction of sp³-hybridized carbons (Fsp3) is 0.242. The summed E-state index contributed by atoms with van der Waals surface area (Å²) in [4.78, 5) is 33.4. The summed E-state index contributed by atoms with van der Waals surface area (Å²) in [6.07, 6.45) is 10.6. The summed E-state index contributed by atoms with van der Waals surface area (Å²) in [5.74, 6) is 3.72. The highest BCUT2D eigenvalue weighted by Gasteiger charge is 2.18. The van der Waals surface area contributed by atoms with Crippen LogP contribution in [0.3, 0.4) is 0 Å². The van der Waals surface area contributed by atoms with E-state index < -0.39 is 0 Å². The van der Waals surface area contributed by atoms with Gasteiger partial charge in [0.15, 0.2) is 5.82 Å². The second-order valence-electron chi connectivity index (χ2n) is 9.60. The first-order chi connectivity index (χ1) is 19.1. The van der Waals surface area contributed by atoms with Crippen LogP contribution >= 0.6 is 0 Å². The van der Waals surface area contributed by atoms with Gasteiger partial charge in [-0.25, -0.2) is 15.0 Å². The number of pyridine rings is 1. The van der Waals surface area contributed by atoms with Gasteiger partial charge < -0.3 is 11.1 Å². The molecule has 0 aliphatic rings. The van der Waals surface area contributed by atoms with Gasteiger partial charge in [0.05, 0.1) is 11.1 Å². The minimum absolute atomic E-state index is 0.179. The van der Waals surface area contributed by atoms with Crippen molar-refractivity contribution in [1.82, 2.24) is 15.0 Å². The van der Waals surface area contributed by atoms with E-state index in [2.05, 4.69) is 84.1 Å². The third-order valence-corrected chi connectivity index (χ3v) is 5.77. The molecule has 0 spiro atoms. The molecule has 7 heteroatoms. The molecule has 4 rings (SSSR count). The zero-order valence-electron chi connectivity index (χ0n) is 24.0. The van der Waals surface area contributed by atoms with Crippen LogP contribution in [0.2, 0.25) is 0 Å². The minimum atomic E-state index is -0.342. The van der Waals surface area contributed by atoms with Gasteiger partial charge in [-0.3, -0.25) is 9.59 Å². The van der Waals surface area contributed by atoms with Crippen LogP contribution in [-0.4, -0.2) is 27.3 Å². The van der Waals surface area contributed by atoms with E-state index in [1.807, 2.05) is 32.0 Å². The molecule has 4 aromatic rings. The van der Waals surface area contributed by atoms with E-state index in [9.17, 15) is 4.79 Å². The van der Waals surface area contributed by atoms with Gasteiger partial charge in [0.2, 0.25) is 12.3 Å². The van der Waals surface area contributed by atoms with Gasteiger partial charge in [-0.2, -0.15) is 0 Å². The number of nitrogens with one attached hydrogen (secondary N) is 1. The zero-order valence-corrected chi connectivity index (χ0v) is 24.0. The summed E-state index contributed by atoms with van der Waals surface area (Å²) in [6, 6.07) is 20.2. The first-order valence-corrected chi connectivity index (χ1v) is 13.0. The number of carbonyl (C=O) groups is 2. The minimum Gasteiger partial charge on any atom is -0.372 e. The van der Waals surface area contributed by atoms with Crippen molar-refractivity contribution in [3.63, 3.8) is 0 Å². The smallest absolute Gasteiger partial charge is 0.222 e. The Morgan fingerprint density at radius 3 is 2.30 bits per heavy atom. The van der Waals surface area contributed by atoms with Crippen LogP contribution in [0.5, 0.6) is 0 Å². The number of amides is 2. The number of aromatic nitrogens is 3. The lowest BCUT2D eigenvalue weighted by Gasteiger charge is -2.19. The topological polar surface area (TPSA) is 111 Å². The largest absolute Gasteiger partial charge is 0.372 e. The van der Waals surface area contributed by atoms with E-state index in [0.29, 0.717) is 11.6 Å². The van der Waals surface area contributed by atoms with Crippen molar-refractivity contribution in [3.8, 4) is 46.1 Å². The van der Waals surface area contributed by atoms with Crippen molar-refractivity contribution in [2.75, 3.05) is 5.32 Å². The van der Waals surface area contributed by atoms with Crippen LogP contribution in [0.4, 0.5) is 5.82 Å². The van der Waals surface area contributed by atoms with E-state index in [1.165, 1.54) is 13.3 Å². The Balaban J connectivity index is 0.000000858. The van der Waals surface area contributed by atoms with Crippen LogP contribution in [0, 0.1) is 19.3 Å². The van der Waals surface area contributed by atoms with Crippen LogP contribution in [-0.2, 0) is 15.0 Å². The Kier molecular flexibility index (Phi) is 11.7. The third kappa shape index (κ3) is 8.60. The molecule has 0 atom stereocenters. The first-order valence-electron chi connectivity index (χ1n) is 13.0. The number of aryl methyl sites for hydroxylation is 1. The Hall–Kier alpha value is -4.83. The fourth-order valence-corrected chi connectivity index (χ4v) is 3.71. The highest BCUT2D eigenvalue weighted by molar-refractivity contribution is 5.88. The van der Waals surface area contributed by atoms with Gasteiger partial charge in [0.1, 0.15) is 5.82 Å². The Morgan fingerprint density at radius 1 is 1.00 bits per heavy atom. The molecule has 2 aromatic heterocycles. The van der Waals surface area contributed by atoms with Crippen molar-refractivity contribution >= 4 is 18.1 Å². The number of terminal acetylenes is 1. The average molecular weight is 536 g/mol. The van der Waals surface area contributed by atoms with Gasteiger partial charge in [0.25, 0.3) is 0 Å². The number of hydrogen-bond acceptors (Lipinski definition) is 5. The molecule has 2 heterocycles. The molecular formula is C33H37N5O2. The van der Waals surface area contributed by atoms with Crippen LogP contribution < -0.4 is 11.1 Å². The third-order valence-electron chi connectivity index (χ3n) is 5.77. The Labute approximate surface area is 237 Å². The molecular weight excluding hydrogens is 498 g/mol. The van der Waals surface area contributed by atoms with Gasteiger partial charge in [0, 0.05) is 30.4 Å². The van der Waals surface area contributed by atoms with E-state index in [1.54, 1.807) is 18.5 Å². The maximum Gasteiger partial charge on any atom is 0.222 e. The zero-order chi connectivity index (χ0) is 29.7. The normalized spacial score (nSPS) is 10.1. The van der Waals surface area contributed by atoms with E-state index in [4.69, 9.17) is 16.2 Å². The number of carbonyl (C=O) groups excluding carboxylic acids is 2. The van der Waals surface area contributed by atoms with Crippen LogP contribution in [0.1, 0.15) is 52.2 Å². The first kappa shape index (κ1) is 31.4. The number of rotatable bonds is 5. The summed E-state index contributed by atoms with van der Waals surface area (Å²) in [7, 11) is 0. The lowest BCUT2D eigenvalue weighted by atomic mass is 9.84. The quantitative estimate of drug-likeness (QED) is 0.222. The molecule has 3 N–H and O–H groups in total.